The van der Waals surface area contributed by atoms with Crippen molar-refractivity contribution in [3.05, 3.63) is 17.8 Å². The fourth-order valence-corrected chi connectivity index (χ4v) is 1.67. The molecule has 0 radical (unpaired) electrons. The van der Waals surface area contributed by atoms with Gasteiger partial charge in [-0.25, -0.2) is 4.98 Å². The molecule has 0 aliphatic carbocycles. The van der Waals surface area contributed by atoms with Crippen molar-refractivity contribution in [2.24, 2.45) is 0 Å². The summed E-state index contributed by atoms with van der Waals surface area (Å²) in [6.07, 6.45) is 4.49. The summed E-state index contributed by atoms with van der Waals surface area (Å²) in [6.45, 7) is 9.38. The minimum atomic E-state index is -0.198. The second kappa shape index (κ2) is 6.90. The van der Waals surface area contributed by atoms with Gasteiger partial charge < -0.3 is 14.5 Å². The molecule has 0 unspecified atom stereocenters. The first-order chi connectivity index (χ1) is 8.43. The highest BCUT2D eigenvalue weighted by atomic mass is 16.5. The fourth-order valence-electron chi connectivity index (χ4n) is 1.67. The van der Waals surface area contributed by atoms with Crippen molar-refractivity contribution < 1.29 is 9.15 Å². The summed E-state index contributed by atoms with van der Waals surface area (Å²) in [6, 6.07) is 0.535. The Hall–Kier alpha value is -0.870. The van der Waals surface area contributed by atoms with Gasteiger partial charge in [-0.05, 0) is 26.8 Å². The van der Waals surface area contributed by atoms with E-state index in [0.717, 1.165) is 37.5 Å². The van der Waals surface area contributed by atoms with Gasteiger partial charge in [-0.15, -0.1) is 0 Å². The molecule has 4 heteroatoms. The zero-order chi connectivity index (χ0) is 13.6. The van der Waals surface area contributed by atoms with Crippen LogP contribution in [0.2, 0.25) is 0 Å². The van der Waals surface area contributed by atoms with Crippen molar-refractivity contribution in [3.63, 3.8) is 0 Å². The summed E-state index contributed by atoms with van der Waals surface area (Å²) in [5.41, 5.74) is -0.198. The Balaban J connectivity index is 2.34. The number of ether oxygens (including phenoxy) is 1. The average Bonchev–Trinajstić information content (AvgIpc) is 2.71. The molecule has 0 atom stereocenters. The van der Waals surface area contributed by atoms with Gasteiger partial charge in [-0.1, -0.05) is 13.8 Å². The normalized spacial score (nSPS) is 12.3. The van der Waals surface area contributed by atoms with Crippen molar-refractivity contribution in [2.75, 3.05) is 13.7 Å². The number of oxazole rings is 1. The number of hydrogen-bond donors (Lipinski definition) is 1. The highest BCUT2D eigenvalue weighted by molar-refractivity contribution is 4.98. The van der Waals surface area contributed by atoms with Gasteiger partial charge >= 0.3 is 0 Å². The van der Waals surface area contributed by atoms with Crippen molar-refractivity contribution in [1.82, 2.24) is 10.3 Å². The lowest BCUT2D eigenvalue weighted by molar-refractivity contribution is 0.0190. The smallest absolute Gasteiger partial charge is 0.194 e. The van der Waals surface area contributed by atoms with Crippen LogP contribution in [0.1, 0.15) is 45.8 Å². The van der Waals surface area contributed by atoms with E-state index >= 15 is 0 Å². The summed E-state index contributed by atoms with van der Waals surface area (Å²) < 4.78 is 11.1. The van der Waals surface area contributed by atoms with Gasteiger partial charge in [0.15, 0.2) is 5.89 Å². The van der Waals surface area contributed by atoms with E-state index in [1.165, 1.54) is 0 Å². The van der Waals surface area contributed by atoms with Crippen LogP contribution in [-0.4, -0.2) is 30.3 Å². The van der Waals surface area contributed by atoms with E-state index in [1.54, 1.807) is 7.11 Å². The average molecular weight is 254 g/mol. The molecule has 1 aromatic heterocycles. The second-order valence-corrected chi connectivity index (χ2v) is 5.57. The molecule has 18 heavy (non-hydrogen) atoms. The third-order valence-electron chi connectivity index (χ3n) is 2.87. The molecule has 1 rings (SSSR count). The number of rotatable bonds is 8. The zero-order valence-electron chi connectivity index (χ0n) is 12.2. The molecule has 1 aromatic rings. The minimum Gasteiger partial charge on any atom is -0.446 e. The van der Waals surface area contributed by atoms with E-state index in [0.29, 0.717) is 6.04 Å². The second-order valence-electron chi connectivity index (χ2n) is 5.57. The first-order valence-electron chi connectivity index (χ1n) is 6.65. The Labute approximate surface area is 110 Å². The van der Waals surface area contributed by atoms with Crippen molar-refractivity contribution in [3.8, 4) is 0 Å². The maximum atomic E-state index is 5.71. The molecule has 0 fully saturated rings. The van der Waals surface area contributed by atoms with E-state index in [-0.39, 0.29) is 5.60 Å². The van der Waals surface area contributed by atoms with Gasteiger partial charge in [0.05, 0.1) is 11.8 Å². The number of aromatic nitrogens is 1. The van der Waals surface area contributed by atoms with E-state index in [9.17, 15) is 0 Å². The zero-order valence-corrected chi connectivity index (χ0v) is 12.2. The van der Waals surface area contributed by atoms with Crippen LogP contribution in [0.25, 0.3) is 0 Å². The van der Waals surface area contributed by atoms with Crippen LogP contribution >= 0.6 is 0 Å². The van der Waals surface area contributed by atoms with E-state index in [1.807, 2.05) is 20.0 Å². The number of hydrogen-bond acceptors (Lipinski definition) is 4. The quantitative estimate of drug-likeness (QED) is 0.724. The molecule has 0 saturated heterocycles. The first-order valence-corrected chi connectivity index (χ1v) is 6.65. The van der Waals surface area contributed by atoms with Gasteiger partial charge in [-0.2, -0.15) is 0 Å². The van der Waals surface area contributed by atoms with Gasteiger partial charge in [0.2, 0.25) is 0 Å². The lowest BCUT2D eigenvalue weighted by Crippen LogP contribution is -2.25. The molecule has 4 nitrogen and oxygen atoms in total. The molecule has 104 valence electrons. The third-order valence-corrected chi connectivity index (χ3v) is 2.87. The Morgan fingerprint density at radius 1 is 1.44 bits per heavy atom. The molecule has 0 aliphatic rings. The number of aryl methyl sites for hydroxylation is 1. The highest BCUT2D eigenvalue weighted by Crippen LogP contribution is 2.17. The van der Waals surface area contributed by atoms with Crippen LogP contribution in [0, 0.1) is 0 Å². The van der Waals surface area contributed by atoms with Crippen LogP contribution in [0.3, 0.4) is 0 Å². The monoisotopic (exact) mass is 254 g/mol. The maximum Gasteiger partial charge on any atom is 0.194 e. The maximum absolute atomic E-state index is 5.71. The van der Waals surface area contributed by atoms with Crippen molar-refractivity contribution >= 4 is 0 Å². The Morgan fingerprint density at radius 3 is 2.78 bits per heavy atom. The predicted octanol–water partition coefficient (Wildman–Crippen LogP) is 2.57. The summed E-state index contributed by atoms with van der Waals surface area (Å²) >= 11 is 0. The molecule has 1 N–H and O–H groups in total. The molecule has 0 spiro atoms. The molecule has 1 heterocycles. The van der Waals surface area contributed by atoms with Crippen LogP contribution in [0.5, 0.6) is 0 Å². The molecule has 0 aromatic carbocycles. The largest absolute Gasteiger partial charge is 0.446 e. The number of nitrogens with zero attached hydrogens (tertiary/aromatic N) is 1. The fraction of sp³-hybridized carbons (Fsp3) is 0.786. The Morgan fingerprint density at radius 2 is 2.17 bits per heavy atom. The standard InChI is InChI=1S/C14H26N2O2/c1-11(2)15-8-6-7-13-16-10-12(18-13)9-14(3,4)17-5/h10-11,15H,6-9H2,1-5H3. The van der Waals surface area contributed by atoms with E-state index < -0.39 is 0 Å². The summed E-state index contributed by atoms with van der Waals surface area (Å²) in [7, 11) is 1.72. The number of nitrogens with one attached hydrogen (secondary N) is 1. The molecule has 0 aliphatic heterocycles. The van der Waals surface area contributed by atoms with Crippen LogP contribution < -0.4 is 5.32 Å². The summed E-state index contributed by atoms with van der Waals surface area (Å²) in [5.74, 6) is 1.72. The Kier molecular flexibility index (Phi) is 5.82. The molecule has 0 saturated carbocycles. The van der Waals surface area contributed by atoms with Crippen LogP contribution in [0.15, 0.2) is 10.6 Å². The predicted molar refractivity (Wildman–Crippen MR) is 72.8 cm³/mol. The summed E-state index contributed by atoms with van der Waals surface area (Å²) in [4.78, 5) is 4.30. The van der Waals surface area contributed by atoms with Crippen molar-refractivity contribution in [1.29, 1.82) is 0 Å². The SMILES string of the molecule is COC(C)(C)Cc1cnc(CCCNC(C)C)o1. The lowest BCUT2D eigenvalue weighted by Gasteiger charge is -2.20. The number of methoxy groups -OCH3 is 1. The minimum absolute atomic E-state index is 0.198. The molecule has 0 amide bonds. The molecular formula is C14H26N2O2. The van der Waals surface area contributed by atoms with Gasteiger partial charge in [0.25, 0.3) is 0 Å². The first kappa shape index (κ1) is 15.2. The lowest BCUT2D eigenvalue weighted by atomic mass is 10.0. The summed E-state index contributed by atoms with van der Waals surface area (Å²) in [5, 5.41) is 3.38. The molecular weight excluding hydrogens is 228 g/mol. The van der Waals surface area contributed by atoms with Crippen molar-refractivity contribution in [2.45, 2.75) is 58.6 Å². The Bertz CT molecular complexity index is 345. The highest BCUT2D eigenvalue weighted by Gasteiger charge is 2.19. The van der Waals surface area contributed by atoms with E-state index in [2.05, 4.69) is 24.1 Å². The van der Waals surface area contributed by atoms with Gasteiger partial charge in [0.1, 0.15) is 5.76 Å². The van der Waals surface area contributed by atoms with Crippen LogP contribution in [0.4, 0.5) is 0 Å². The van der Waals surface area contributed by atoms with Gasteiger partial charge in [-0.3, -0.25) is 0 Å². The van der Waals surface area contributed by atoms with E-state index in [4.69, 9.17) is 9.15 Å². The third kappa shape index (κ3) is 5.65. The molecule has 0 bridgehead atoms. The topological polar surface area (TPSA) is 47.3 Å². The van der Waals surface area contributed by atoms with Crippen LogP contribution in [-0.2, 0) is 17.6 Å². The van der Waals surface area contributed by atoms with Gasteiger partial charge in [0, 0.05) is 26.0 Å².